The maximum absolute atomic E-state index is 12.8. The van der Waals surface area contributed by atoms with Crippen LogP contribution in [0, 0.1) is 12.8 Å². The SMILES string of the molecule is CCn1c2cc(C)oc2c2cnn(CC(=O)NCC3CC3)c(=O)c21. The lowest BCUT2D eigenvalue weighted by Gasteiger charge is -2.07. The van der Waals surface area contributed by atoms with Crippen LogP contribution in [0.4, 0.5) is 0 Å². The van der Waals surface area contributed by atoms with Crippen LogP contribution in [0.25, 0.3) is 22.0 Å². The van der Waals surface area contributed by atoms with Gasteiger partial charge in [0.2, 0.25) is 5.91 Å². The Morgan fingerprint density at radius 1 is 1.46 bits per heavy atom. The van der Waals surface area contributed by atoms with Crippen molar-refractivity contribution in [1.29, 1.82) is 0 Å². The summed E-state index contributed by atoms with van der Waals surface area (Å²) in [6, 6.07) is 1.92. The van der Waals surface area contributed by atoms with E-state index in [1.165, 1.54) is 17.5 Å². The first-order valence-corrected chi connectivity index (χ1v) is 8.33. The van der Waals surface area contributed by atoms with Crippen molar-refractivity contribution in [2.45, 2.75) is 39.8 Å². The van der Waals surface area contributed by atoms with E-state index in [0.717, 1.165) is 11.3 Å². The molecule has 1 aliphatic rings. The highest BCUT2D eigenvalue weighted by atomic mass is 16.3. The van der Waals surface area contributed by atoms with Gasteiger partial charge in [-0.15, -0.1) is 0 Å². The molecule has 0 atom stereocenters. The van der Waals surface area contributed by atoms with Crippen molar-refractivity contribution < 1.29 is 9.21 Å². The summed E-state index contributed by atoms with van der Waals surface area (Å²) in [5.74, 6) is 1.23. The lowest BCUT2D eigenvalue weighted by molar-refractivity contribution is -0.121. The zero-order valence-corrected chi connectivity index (χ0v) is 13.8. The average Bonchev–Trinajstić information content (AvgIpc) is 3.24. The summed E-state index contributed by atoms with van der Waals surface area (Å²) in [4.78, 5) is 24.8. The van der Waals surface area contributed by atoms with Gasteiger partial charge < -0.3 is 14.3 Å². The molecule has 1 aliphatic carbocycles. The third kappa shape index (κ3) is 2.40. The minimum atomic E-state index is -0.264. The Morgan fingerprint density at radius 3 is 2.96 bits per heavy atom. The van der Waals surface area contributed by atoms with Crippen LogP contribution in [-0.4, -0.2) is 26.8 Å². The second kappa shape index (κ2) is 5.51. The van der Waals surface area contributed by atoms with Crippen molar-refractivity contribution in [3.63, 3.8) is 0 Å². The molecule has 1 amide bonds. The fourth-order valence-electron chi connectivity index (χ4n) is 3.13. The highest BCUT2D eigenvalue weighted by molar-refractivity contribution is 6.04. The first kappa shape index (κ1) is 15.0. The zero-order chi connectivity index (χ0) is 16.8. The summed E-state index contributed by atoms with van der Waals surface area (Å²) >= 11 is 0. The number of hydrogen-bond donors (Lipinski definition) is 1. The van der Waals surface area contributed by atoms with Gasteiger partial charge in [-0.2, -0.15) is 5.10 Å². The normalized spacial score (nSPS) is 14.6. The molecule has 3 heterocycles. The lowest BCUT2D eigenvalue weighted by atomic mass is 10.3. The van der Waals surface area contributed by atoms with Crippen molar-refractivity contribution in [3.05, 3.63) is 28.4 Å². The standard InChI is InChI=1S/C17H20N4O3/c1-3-20-13-6-10(2)24-16(13)12-8-19-21(17(23)15(12)20)9-14(22)18-7-11-4-5-11/h6,8,11H,3-5,7,9H2,1-2H3,(H,18,22). The number of aryl methyl sites for hydroxylation is 2. The number of rotatable bonds is 5. The number of hydrogen-bond acceptors (Lipinski definition) is 4. The number of carbonyl (C=O) groups excluding carboxylic acids is 1. The molecule has 1 fully saturated rings. The topological polar surface area (TPSA) is 82.1 Å². The minimum absolute atomic E-state index is 0.0588. The molecule has 0 radical (unpaired) electrons. The van der Waals surface area contributed by atoms with Crippen LogP contribution in [0.15, 0.2) is 21.5 Å². The number of nitrogens with one attached hydrogen (secondary N) is 1. The molecular formula is C17H20N4O3. The highest BCUT2D eigenvalue weighted by Gasteiger charge is 2.22. The molecule has 0 saturated heterocycles. The molecule has 1 N–H and O–H groups in total. The number of carbonyl (C=O) groups is 1. The summed E-state index contributed by atoms with van der Waals surface area (Å²) in [5.41, 5.74) is 1.84. The smallest absolute Gasteiger partial charge is 0.291 e. The second-order valence-corrected chi connectivity index (χ2v) is 6.43. The number of fused-ring (bicyclic) bond motifs is 3. The van der Waals surface area contributed by atoms with E-state index in [0.29, 0.717) is 35.5 Å². The predicted molar refractivity (Wildman–Crippen MR) is 89.9 cm³/mol. The fourth-order valence-corrected chi connectivity index (χ4v) is 3.13. The van der Waals surface area contributed by atoms with Gasteiger partial charge in [0.15, 0.2) is 5.58 Å². The molecule has 0 unspecified atom stereocenters. The second-order valence-electron chi connectivity index (χ2n) is 6.43. The van der Waals surface area contributed by atoms with Crippen LogP contribution in [0.2, 0.25) is 0 Å². The summed E-state index contributed by atoms with van der Waals surface area (Å²) < 4.78 is 8.87. The van der Waals surface area contributed by atoms with Gasteiger partial charge in [0.05, 0.1) is 17.1 Å². The molecule has 0 aliphatic heterocycles. The number of aromatic nitrogens is 3. The van der Waals surface area contributed by atoms with Gasteiger partial charge in [-0.1, -0.05) is 0 Å². The maximum atomic E-state index is 12.8. The number of amides is 1. The Balaban J connectivity index is 1.73. The van der Waals surface area contributed by atoms with Crippen LogP contribution < -0.4 is 10.9 Å². The van der Waals surface area contributed by atoms with Crippen LogP contribution in [0.1, 0.15) is 25.5 Å². The zero-order valence-electron chi connectivity index (χ0n) is 13.8. The Kier molecular flexibility index (Phi) is 3.44. The fraction of sp³-hybridized carbons (Fsp3) is 0.471. The molecule has 0 bridgehead atoms. The summed E-state index contributed by atoms with van der Waals surface area (Å²) in [6.07, 6.45) is 3.96. The molecule has 0 aromatic carbocycles. The monoisotopic (exact) mass is 328 g/mol. The third-order valence-corrected chi connectivity index (χ3v) is 4.55. The van der Waals surface area contributed by atoms with Gasteiger partial charge in [0.25, 0.3) is 5.56 Å². The van der Waals surface area contributed by atoms with E-state index in [1.54, 1.807) is 6.20 Å². The first-order chi connectivity index (χ1) is 11.6. The minimum Gasteiger partial charge on any atom is -0.459 e. The van der Waals surface area contributed by atoms with Crippen molar-refractivity contribution in [3.8, 4) is 0 Å². The van der Waals surface area contributed by atoms with E-state index in [9.17, 15) is 9.59 Å². The Hall–Kier alpha value is -2.57. The first-order valence-electron chi connectivity index (χ1n) is 8.33. The molecule has 1 saturated carbocycles. The van der Waals surface area contributed by atoms with Gasteiger partial charge in [-0.25, -0.2) is 4.68 Å². The van der Waals surface area contributed by atoms with E-state index in [-0.39, 0.29) is 18.0 Å². The quantitative estimate of drug-likeness (QED) is 0.774. The number of furan rings is 1. The molecule has 126 valence electrons. The summed E-state index contributed by atoms with van der Waals surface area (Å²) in [6.45, 7) is 5.13. The maximum Gasteiger partial charge on any atom is 0.291 e. The average molecular weight is 328 g/mol. The van der Waals surface area contributed by atoms with Crippen LogP contribution in [0.5, 0.6) is 0 Å². The van der Waals surface area contributed by atoms with Crippen LogP contribution >= 0.6 is 0 Å². The van der Waals surface area contributed by atoms with E-state index >= 15 is 0 Å². The predicted octanol–water partition coefficient (Wildman–Crippen LogP) is 1.80. The summed E-state index contributed by atoms with van der Waals surface area (Å²) in [7, 11) is 0. The van der Waals surface area contributed by atoms with E-state index < -0.39 is 0 Å². The molecule has 7 nitrogen and oxygen atoms in total. The van der Waals surface area contributed by atoms with Crippen molar-refractivity contribution in [1.82, 2.24) is 19.7 Å². The van der Waals surface area contributed by atoms with E-state index in [1.807, 2.05) is 24.5 Å². The van der Waals surface area contributed by atoms with E-state index in [4.69, 9.17) is 4.42 Å². The Morgan fingerprint density at radius 2 is 2.25 bits per heavy atom. The Bertz CT molecular complexity index is 991. The van der Waals surface area contributed by atoms with Gasteiger partial charge in [-0.05, 0) is 32.6 Å². The highest BCUT2D eigenvalue weighted by Crippen LogP contribution is 2.29. The largest absolute Gasteiger partial charge is 0.459 e. The summed E-state index contributed by atoms with van der Waals surface area (Å²) in [5, 5.41) is 7.72. The van der Waals surface area contributed by atoms with Gasteiger partial charge in [0.1, 0.15) is 17.8 Å². The molecular weight excluding hydrogens is 308 g/mol. The molecule has 3 aromatic rings. The van der Waals surface area contributed by atoms with E-state index in [2.05, 4.69) is 10.4 Å². The molecule has 0 spiro atoms. The van der Waals surface area contributed by atoms with Gasteiger partial charge in [-0.3, -0.25) is 9.59 Å². The van der Waals surface area contributed by atoms with Crippen molar-refractivity contribution in [2.24, 2.45) is 5.92 Å². The molecule has 7 heteroatoms. The van der Waals surface area contributed by atoms with Gasteiger partial charge in [0, 0.05) is 19.2 Å². The third-order valence-electron chi connectivity index (χ3n) is 4.55. The van der Waals surface area contributed by atoms with Crippen molar-refractivity contribution in [2.75, 3.05) is 6.54 Å². The van der Waals surface area contributed by atoms with Gasteiger partial charge >= 0.3 is 0 Å². The Labute approximate surface area is 138 Å². The van der Waals surface area contributed by atoms with Crippen LogP contribution in [-0.2, 0) is 17.9 Å². The van der Waals surface area contributed by atoms with Crippen molar-refractivity contribution >= 4 is 27.9 Å². The number of nitrogens with zero attached hydrogens (tertiary/aromatic N) is 3. The lowest BCUT2D eigenvalue weighted by Crippen LogP contribution is -2.34. The molecule has 4 rings (SSSR count). The van der Waals surface area contributed by atoms with Crippen LogP contribution in [0.3, 0.4) is 0 Å². The molecule has 3 aromatic heterocycles. The molecule has 24 heavy (non-hydrogen) atoms.